The molecule has 0 aliphatic carbocycles. The van der Waals surface area contributed by atoms with Gasteiger partial charge >= 0.3 is 0 Å². The highest BCUT2D eigenvalue weighted by molar-refractivity contribution is 5.81. The predicted molar refractivity (Wildman–Crippen MR) is 84.3 cm³/mol. The van der Waals surface area contributed by atoms with Crippen LogP contribution in [0.1, 0.15) is 38.7 Å². The Labute approximate surface area is 127 Å². The van der Waals surface area contributed by atoms with Crippen LogP contribution in [0.4, 0.5) is 0 Å². The molecule has 2 rings (SSSR count). The second kappa shape index (κ2) is 7.46. The second-order valence-corrected chi connectivity index (χ2v) is 5.97. The van der Waals surface area contributed by atoms with Gasteiger partial charge in [-0.1, -0.05) is 12.1 Å². The molecule has 2 atom stereocenters. The summed E-state index contributed by atoms with van der Waals surface area (Å²) in [6.07, 6.45) is 3.85. The molecule has 1 heterocycles. The number of ether oxygens (including phenoxy) is 1. The van der Waals surface area contributed by atoms with E-state index in [0.29, 0.717) is 0 Å². The number of nitrogens with zero attached hydrogens (tertiary/aromatic N) is 1. The molecule has 0 bridgehead atoms. The van der Waals surface area contributed by atoms with E-state index < -0.39 is 6.10 Å². The molecule has 0 spiro atoms. The van der Waals surface area contributed by atoms with Gasteiger partial charge in [0.05, 0.1) is 0 Å². The van der Waals surface area contributed by atoms with E-state index in [-0.39, 0.29) is 11.9 Å². The zero-order chi connectivity index (χ0) is 15.2. The minimum absolute atomic E-state index is 0.0920. The zero-order valence-electron chi connectivity index (χ0n) is 13.0. The fraction of sp³-hybridized carbons (Fsp3) is 0.588. The lowest BCUT2D eigenvalue weighted by atomic mass is 10.1. The molecular formula is C17H26N2O2. The summed E-state index contributed by atoms with van der Waals surface area (Å²) in [5.74, 6) is 0.829. The van der Waals surface area contributed by atoms with Gasteiger partial charge in [0.1, 0.15) is 5.75 Å². The summed E-state index contributed by atoms with van der Waals surface area (Å²) in [5.41, 5.74) is 6.97. The number of amides is 1. The normalized spacial score (nSPS) is 18.1. The van der Waals surface area contributed by atoms with Crippen molar-refractivity contribution in [1.29, 1.82) is 0 Å². The molecular weight excluding hydrogens is 264 g/mol. The monoisotopic (exact) mass is 290 g/mol. The Kier molecular flexibility index (Phi) is 5.62. The Balaban J connectivity index is 1.89. The molecule has 0 radical (unpaired) electrons. The fourth-order valence-electron chi connectivity index (χ4n) is 2.70. The first kappa shape index (κ1) is 15.8. The summed E-state index contributed by atoms with van der Waals surface area (Å²) >= 11 is 0. The number of likely N-dealkylation sites (tertiary alicyclic amines) is 1. The van der Waals surface area contributed by atoms with Gasteiger partial charge in [-0.25, -0.2) is 0 Å². The average molecular weight is 290 g/mol. The molecule has 2 N–H and O–H groups in total. The quantitative estimate of drug-likeness (QED) is 0.905. The Hall–Kier alpha value is -1.55. The minimum atomic E-state index is -0.428. The molecule has 0 aromatic heterocycles. The van der Waals surface area contributed by atoms with Crippen LogP contribution in [-0.2, 0) is 11.2 Å². The zero-order valence-corrected chi connectivity index (χ0v) is 13.0. The van der Waals surface area contributed by atoms with Crippen molar-refractivity contribution in [2.24, 2.45) is 5.73 Å². The number of piperidine rings is 1. The number of nitrogens with two attached hydrogens (primary N) is 1. The summed E-state index contributed by atoms with van der Waals surface area (Å²) in [5, 5.41) is 0. The number of rotatable bonds is 5. The molecule has 1 aromatic carbocycles. The van der Waals surface area contributed by atoms with Crippen molar-refractivity contribution in [3.63, 3.8) is 0 Å². The third-order valence-electron chi connectivity index (χ3n) is 3.81. The van der Waals surface area contributed by atoms with Gasteiger partial charge in [-0.3, -0.25) is 4.79 Å². The van der Waals surface area contributed by atoms with Crippen LogP contribution in [0.3, 0.4) is 0 Å². The molecule has 2 unspecified atom stereocenters. The second-order valence-electron chi connectivity index (χ2n) is 5.97. The van der Waals surface area contributed by atoms with E-state index in [1.807, 2.05) is 43.0 Å². The van der Waals surface area contributed by atoms with Gasteiger partial charge < -0.3 is 15.4 Å². The van der Waals surface area contributed by atoms with E-state index >= 15 is 0 Å². The van der Waals surface area contributed by atoms with E-state index in [0.717, 1.165) is 38.1 Å². The number of carbonyl (C=O) groups excluding carboxylic acids is 1. The summed E-state index contributed by atoms with van der Waals surface area (Å²) in [6.45, 7) is 5.54. The molecule has 1 aliphatic heterocycles. The van der Waals surface area contributed by atoms with Crippen LogP contribution in [-0.4, -0.2) is 36.0 Å². The lowest BCUT2D eigenvalue weighted by Crippen LogP contribution is -2.43. The first-order valence-electron chi connectivity index (χ1n) is 7.86. The Morgan fingerprint density at radius 2 is 1.81 bits per heavy atom. The van der Waals surface area contributed by atoms with Gasteiger partial charge in [-0.15, -0.1) is 0 Å². The van der Waals surface area contributed by atoms with Crippen LogP contribution in [0.15, 0.2) is 24.3 Å². The van der Waals surface area contributed by atoms with E-state index in [1.54, 1.807) is 0 Å². The van der Waals surface area contributed by atoms with Crippen molar-refractivity contribution >= 4 is 5.91 Å². The van der Waals surface area contributed by atoms with Crippen LogP contribution in [0.25, 0.3) is 0 Å². The highest BCUT2D eigenvalue weighted by Gasteiger charge is 2.23. The van der Waals surface area contributed by atoms with E-state index in [4.69, 9.17) is 10.5 Å². The molecule has 1 aliphatic rings. The molecule has 1 amide bonds. The number of carbonyl (C=O) groups is 1. The molecule has 4 nitrogen and oxygen atoms in total. The largest absolute Gasteiger partial charge is 0.481 e. The molecule has 1 fully saturated rings. The third-order valence-corrected chi connectivity index (χ3v) is 3.81. The van der Waals surface area contributed by atoms with Crippen LogP contribution >= 0.6 is 0 Å². The van der Waals surface area contributed by atoms with Gasteiger partial charge in [-0.2, -0.15) is 0 Å². The summed E-state index contributed by atoms with van der Waals surface area (Å²) < 4.78 is 5.77. The highest BCUT2D eigenvalue weighted by Crippen LogP contribution is 2.17. The molecule has 4 heteroatoms. The average Bonchev–Trinajstić information content (AvgIpc) is 2.49. The van der Waals surface area contributed by atoms with Crippen molar-refractivity contribution in [2.45, 2.75) is 51.7 Å². The number of benzene rings is 1. The highest BCUT2D eigenvalue weighted by atomic mass is 16.5. The van der Waals surface area contributed by atoms with Crippen molar-refractivity contribution in [3.8, 4) is 5.75 Å². The van der Waals surface area contributed by atoms with Crippen molar-refractivity contribution < 1.29 is 9.53 Å². The maximum Gasteiger partial charge on any atom is 0.263 e. The SMILES string of the molecule is CC(N)Cc1ccc(OC(C)C(=O)N2CCCCC2)cc1. The van der Waals surface area contributed by atoms with Crippen LogP contribution in [0.2, 0.25) is 0 Å². The lowest BCUT2D eigenvalue weighted by molar-refractivity contribution is -0.138. The first-order valence-corrected chi connectivity index (χ1v) is 7.86. The number of hydrogen-bond acceptors (Lipinski definition) is 3. The predicted octanol–water partition coefficient (Wildman–Crippen LogP) is 2.36. The maximum absolute atomic E-state index is 12.3. The van der Waals surface area contributed by atoms with E-state index in [2.05, 4.69) is 0 Å². The summed E-state index contributed by atoms with van der Waals surface area (Å²) in [4.78, 5) is 14.2. The Morgan fingerprint density at radius 3 is 2.38 bits per heavy atom. The van der Waals surface area contributed by atoms with Gasteiger partial charge in [0.15, 0.2) is 6.10 Å². The topological polar surface area (TPSA) is 55.6 Å². The fourth-order valence-corrected chi connectivity index (χ4v) is 2.70. The van der Waals surface area contributed by atoms with Crippen LogP contribution < -0.4 is 10.5 Å². The summed E-state index contributed by atoms with van der Waals surface area (Å²) in [7, 11) is 0. The Bertz CT molecular complexity index is 450. The molecule has 21 heavy (non-hydrogen) atoms. The number of hydrogen-bond donors (Lipinski definition) is 1. The van der Waals surface area contributed by atoms with Gasteiger partial charge in [0, 0.05) is 19.1 Å². The van der Waals surface area contributed by atoms with Crippen molar-refractivity contribution in [3.05, 3.63) is 29.8 Å². The van der Waals surface area contributed by atoms with Crippen molar-refractivity contribution in [1.82, 2.24) is 4.90 Å². The van der Waals surface area contributed by atoms with E-state index in [1.165, 1.54) is 12.0 Å². The maximum atomic E-state index is 12.3. The smallest absolute Gasteiger partial charge is 0.263 e. The van der Waals surface area contributed by atoms with Gasteiger partial charge in [0.2, 0.25) is 0 Å². The van der Waals surface area contributed by atoms with Crippen LogP contribution in [0.5, 0.6) is 5.75 Å². The van der Waals surface area contributed by atoms with Crippen LogP contribution in [0, 0.1) is 0 Å². The Morgan fingerprint density at radius 1 is 1.19 bits per heavy atom. The first-order chi connectivity index (χ1) is 10.1. The molecule has 1 saturated heterocycles. The van der Waals surface area contributed by atoms with Gasteiger partial charge in [0.25, 0.3) is 5.91 Å². The molecule has 1 aromatic rings. The van der Waals surface area contributed by atoms with Gasteiger partial charge in [-0.05, 0) is 57.2 Å². The minimum Gasteiger partial charge on any atom is -0.481 e. The summed E-state index contributed by atoms with van der Waals surface area (Å²) in [6, 6.07) is 8.00. The molecule has 0 saturated carbocycles. The standard InChI is InChI=1S/C17H26N2O2/c1-13(18)12-15-6-8-16(9-7-15)21-14(2)17(20)19-10-4-3-5-11-19/h6-9,13-14H,3-5,10-12,18H2,1-2H3. The van der Waals surface area contributed by atoms with Crippen molar-refractivity contribution in [2.75, 3.05) is 13.1 Å². The molecule has 116 valence electrons. The third kappa shape index (κ3) is 4.74. The van der Waals surface area contributed by atoms with E-state index in [9.17, 15) is 4.79 Å². The lowest BCUT2D eigenvalue weighted by Gasteiger charge is -2.29.